The van der Waals surface area contributed by atoms with Gasteiger partial charge in [0.05, 0.1) is 6.20 Å². The highest BCUT2D eigenvalue weighted by Gasteiger charge is 2.17. The molecule has 0 fully saturated rings. The maximum atomic E-state index is 12.0. The zero-order chi connectivity index (χ0) is 14.5. The number of carbonyl (C=O) groups is 1. The van der Waals surface area contributed by atoms with Gasteiger partial charge < -0.3 is 14.6 Å². The number of nitrogens with one attached hydrogen (secondary N) is 1. The molecule has 2 rings (SSSR count). The van der Waals surface area contributed by atoms with Crippen molar-refractivity contribution >= 4 is 17.5 Å². The molecule has 6 heteroatoms. The van der Waals surface area contributed by atoms with Gasteiger partial charge in [-0.05, 0) is 13.0 Å². The lowest BCUT2D eigenvalue weighted by atomic mass is 10.1. The molecule has 20 heavy (non-hydrogen) atoms. The summed E-state index contributed by atoms with van der Waals surface area (Å²) in [6.07, 6.45) is 1.08. The monoisotopic (exact) mass is 294 g/mol. The molecule has 2 aromatic rings. The molecule has 1 aromatic carbocycles. The molecule has 0 bridgehead atoms. The third-order valence-corrected chi connectivity index (χ3v) is 3.32. The topological polar surface area (TPSA) is 64.4 Å². The van der Waals surface area contributed by atoms with Gasteiger partial charge in [0.1, 0.15) is 17.4 Å². The van der Waals surface area contributed by atoms with Gasteiger partial charge in [0, 0.05) is 24.2 Å². The van der Waals surface area contributed by atoms with Crippen LogP contribution in [0.5, 0.6) is 0 Å². The summed E-state index contributed by atoms with van der Waals surface area (Å²) in [4.78, 5) is 12.0. The van der Waals surface area contributed by atoms with E-state index in [4.69, 9.17) is 20.9 Å². The first-order chi connectivity index (χ1) is 9.63. The van der Waals surface area contributed by atoms with Crippen LogP contribution in [0.1, 0.15) is 27.8 Å². The second kappa shape index (κ2) is 6.54. The van der Waals surface area contributed by atoms with E-state index >= 15 is 0 Å². The van der Waals surface area contributed by atoms with Crippen LogP contribution < -0.4 is 5.32 Å². The smallest absolute Gasteiger partial charge is 0.256 e. The van der Waals surface area contributed by atoms with E-state index in [1.807, 2.05) is 18.2 Å². The molecular weight excluding hydrogens is 280 g/mol. The molecule has 0 radical (unpaired) electrons. The van der Waals surface area contributed by atoms with Crippen molar-refractivity contribution < 1.29 is 14.1 Å². The lowest BCUT2D eigenvalue weighted by Gasteiger charge is -2.17. The molecule has 0 aliphatic carbocycles. The predicted molar refractivity (Wildman–Crippen MR) is 74.8 cm³/mol. The Morgan fingerprint density at radius 3 is 2.85 bits per heavy atom. The zero-order valence-electron chi connectivity index (χ0n) is 11.2. The Balaban J connectivity index is 2.03. The Hall–Kier alpha value is -1.85. The summed E-state index contributed by atoms with van der Waals surface area (Å²) in [5.74, 6) is 0.229. The SMILES string of the molecule is CO[C@@H](CNC(=O)c1cnoc1C)c1ccccc1Cl. The molecule has 0 spiro atoms. The summed E-state index contributed by atoms with van der Waals surface area (Å²) in [5, 5.41) is 6.96. The molecule has 0 aliphatic heterocycles. The van der Waals surface area contributed by atoms with Crippen LogP contribution in [0.4, 0.5) is 0 Å². The maximum absolute atomic E-state index is 12.0. The lowest BCUT2D eigenvalue weighted by Crippen LogP contribution is -2.29. The standard InChI is InChI=1S/C14H15ClN2O3/c1-9-11(7-17-20-9)14(18)16-8-13(19-2)10-5-3-4-6-12(10)15/h3-7,13H,8H2,1-2H3,(H,16,18)/t13-/m0/s1. The first-order valence-electron chi connectivity index (χ1n) is 6.10. The van der Waals surface area contributed by atoms with E-state index in [-0.39, 0.29) is 12.0 Å². The van der Waals surface area contributed by atoms with Crippen molar-refractivity contribution in [3.8, 4) is 0 Å². The molecule has 1 atom stereocenters. The fourth-order valence-electron chi connectivity index (χ4n) is 1.85. The summed E-state index contributed by atoms with van der Waals surface area (Å²) in [7, 11) is 1.57. The highest BCUT2D eigenvalue weighted by Crippen LogP contribution is 2.24. The number of methoxy groups -OCH3 is 1. The third-order valence-electron chi connectivity index (χ3n) is 2.98. The van der Waals surface area contributed by atoms with Gasteiger partial charge in [-0.2, -0.15) is 0 Å². The molecule has 1 amide bonds. The normalized spacial score (nSPS) is 12.2. The highest BCUT2D eigenvalue weighted by molar-refractivity contribution is 6.31. The van der Waals surface area contributed by atoms with Crippen LogP contribution in [-0.2, 0) is 4.74 Å². The number of carbonyl (C=O) groups excluding carboxylic acids is 1. The van der Waals surface area contributed by atoms with Crippen LogP contribution in [0.15, 0.2) is 35.0 Å². The Kier molecular flexibility index (Phi) is 4.76. The van der Waals surface area contributed by atoms with Crippen molar-refractivity contribution in [3.05, 3.63) is 52.4 Å². The Bertz CT molecular complexity index is 598. The van der Waals surface area contributed by atoms with Crippen LogP contribution in [-0.4, -0.2) is 24.7 Å². The first-order valence-corrected chi connectivity index (χ1v) is 6.48. The molecule has 0 unspecified atom stereocenters. The molecule has 0 aliphatic rings. The van der Waals surface area contributed by atoms with Gasteiger partial charge >= 0.3 is 0 Å². The fraction of sp³-hybridized carbons (Fsp3) is 0.286. The highest BCUT2D eigenvalue weighted by atomic mass is 35.5. The van der Waals surface area contributed by atoms with Gasteiger partial charge in [-0.25, -0.2) is 0 Å². The summed E-state index contributed by atoms with van der Waals surface area (Å²) >= 11 is 6.12. The Labute approximate surface area is 121 Å². The fourth-order valence-corrected chi connectivity index (χ4v) is 2.11. The van der Waals surface area contributed by atoms with Crippen molar-refractivity contribution in [3.63, 3.8) is 0 Å². The van der Waals surface area contributed by atoms with Crippen LogP contribution in [0.3, 0.4) is 0 Å². The largest absolute Gasteiger partial charge is 0.375 e. The number of halogens is 1. The van der Waals surface area contributed by atoms with Crippen LogP contribution in [0.25, 0.3) is 0 Å². The minimum atomic E-state index is -0.312. The summed E-state index contributed by atoms with van der Waals surface area (Å²) in [6, 6.07) is 7.37. The summed E-state index contributed by atoms with van der Waals surface area (Å²) in [5.41, 5.74) is 1.25. The number of rotatable bonds is 5. The van der Waals surface area contributed by atoms with Gasteiger partial charge in [0.15, 0.2) is 0 Å². The zero-order valence-corrected chi connectivity index (χ0v) is 12.0. The van der Waals surface area contributed by atoms with E-state index in [0.717, 1.165) is 5.56 Å². The van der Waals surface area contributed by atoms with Gasteiger partial charge in [-0.1, -0.05) is 35.0 Å². The van der Waals surface area contributed by atoms with Crippen LogP contribution in [0.2, 0.25) is 5.02 Å². The van der Waals surface area contributed by atoms with E-state index in [0.29, 0.717) is 22.9 Å². The average molecular weight is 295 g/mol. The minimum absolute atomic E-state index is 0.252. The third kappa shape index (κ3) is 3.18. The number of aromatic nitrogens is 1. The number of hydrogen-bond acceptors (Lipinski definition) is 4. The summed E-state index contributed by atoms with van der Waals surface area (Å²) in [6.45, 7) is 1.99. The van der Waals surface area contributed by atoms with Gasteiger partial charge in [-0.3, -0.25) is 4.79 Å². The summed E-state index contributed by atoms with van der Waals surface area (Å²) < 4.78 is 10.2. The second-order valence-corrected chi connectivity index (χ2v) is 4.66. The number of amides is 1. The van der Waals surface area contributed by atoms with Crippen molar-refractivity contribution in [2.75, 3.05) is 13.7 Å². The van der Waals surface area contributed by atoms with Gasteiger partial charge in [-0.15, -0.1) is 0 Å². The number of hydrogen-bond donors (Lipinski definition) is 1. The van der Waals surface area contributed by atoms with Gasteiger partial charge in [0.25, 0.3) is 5.91 Å². The molecule has 1 aromatic heterocycles. The van der Waals surface area contributed by atoms with E-state index in [2.05, 4.69) is 10.5 Å². The molecule has 1 N–H and O–H groups in total. The second-order valence-electron chi connectivity index (χ2n) is 4.25. The van der Waals surface area contributed by atoms with E-state index in [1.54, 1.807) is 20.1 Å². The van der Waals surface area contributed by atoms with Crippen molar-refractivity contribution in [1.29, 1.82) is 0 Å². The predicted octanol–water partition coefficient (Wildman–Crippen LogP) is 2.75. The van der Waals surface area contributed by atoms with Crippen molar-refractivity contribution in [2.45, 2.75) is 13.0 Å². The molecule has 5 nitrogen and oxygen atoms in total. The number of ether oxygens (including phenoxy) is 1. The quantitative estimate of drug-likeness (QED) is 0.921. The van der Waals surface area contributed by atoms with Gasteiger partial charge in [0.2, 0.25) is 0 Å². The lowest BCUT2D eigenvalue weighted by molar-refractivity contribution is 0.0827. The number of nitrogens with zero attached hydrogens (tertiary/aromatic N) is 1. The molecule has 0 saturated heterocycles. The van der Waals surface area contributed by atoms with Crippen LogP contribution >= 0.6 is 11.6 Å². The maximum Gasteiger partial charge on any atom is 0.256 e. The minimum Gasteiger partial charge on any atom is -0.375 e. The molecule has 106 valence electrons. The first kappa shape index (κ1) is 14.6. The Morgan fingerprint density at radius 2 is 2.25 bits per heavy atom. The van der Waals surface area contributed by atoms with Crippen LogP contribution in [0, 0.1) is 6.92 Å². The van der Waals surface area contributed by atoms with E-state index in [1.165, 1.54) is 6.20 Å². The number of benzene rings is 1. The molecule has 1 heterocycles. The van der Waals surface area contributed by atoms with E-state index < -0.39 is 0 Å². The van der Waals surface area contributed by atoms with Crippen molar-refractivity contribution in [1.82, 2.24) is 10.5 Å². The Morgan fingerprint density at radius 1 is 1.50 bits per heavy atom. The molecular formula is C14H15ClN2O3. The molecule has 0 saturated carbocycles. The van der Waals surface area contributed by atoms with E-state index in [9.17, 15) is 4.79 Å². The number of aryl methyl sites for hydroxylation is 1. The van der Waals surface area contributed by atoms with Crippen molar-refractivity contribution in [2.24, 2.45) is 0 Å². The average Bonchev–Trinajstić information content (AvgIpc) is 2.87.